The molecule has 1 aliphatic carbocycles. The van der Waals surface area contributed by atoms with E-state index in [-0.39, 0.29) is 5.41 Å². The molecule has 1 aliphatic rings. The quantitative estimate of drug-likeness (QED) is 0.801. The van der Waals surface area contributed by atoms with Gasteiger partial charge in [0.05, 0.1) is 6.61 Å². The number of benzene rings is 1. The summed E-state index contributed by atoms with van der Waals surface area (Å²) >= 11 is 0. The molecule has 0 aromatic heterocycles. The fourth-order valence-corrected chi connectivity index (χ4v) is 3.77. The summed E-state index contributed by atoms with van der Waals surface area (Å²) in [5, 5.41) is 0. The molecule has 0 amide bonds. The third kappa shape index (κ3) is 3.26. The fourth-order valence-electron chi connectivity index (χ4n) is 3.77. The summed E-state index contributed by atoms with van der Waals surface area (Å²) in [6.45, 7) is 10.5. The molecule has 21 heavy (non-hydrogen) atoms. The lowest BCUT2D eigenvalue weighted by atomic mass is 9.48. The zero-order chi connectivity index (χ0) is 15.5. The molecular weight excluding hydrogens is 258 g/mol. The van der Waals surface area contributed by atoms with Crippen LogP contribution in [0.3, 0.4) is 0 Å². The number of hydrogen-bond acceptors (Lipinski definition) is 2. The molecule has 0 spiro atoms. The van der Waals surface area contributed by atoms with Gasteiger partial charge in [-0.2, -0.15) is 0 Å². The van der Waals surface area contributed by atoms with Crippen molar-refractivity contribution in [1.29, 1.82) is 0 Å². The fraction of sp³-hybridized carbons (Fsp3) is 0.684. The number of ether oxygens (including phenoxy) is 1. The Morgan fingerprint density at radius 3 is 2.10 bits per heavy atom. The first kappa shape index (κ1) is 16.4. The van der Waals surface area contributed by atoms with Crippen LogP contribution >= 0.6 is 0 Å². The van der Waals surface area contributed by atoms with Crippen LogP contribution in [-0.4, -0.2) is 13.2 Å². The minimum Gasteiger partial charge on any atom is -0.493 e. The Morgan fingerprint density at radius 2 is 1.67 bits per heavy atom. The van der Waals surface area contributed by atoms with Crippen LogP contribution in [-0.2, 0) is 5.41 Å². The van der Waals surface area contributed by atoms with Crippen LogP contribution in [0.2, 0.25) is 0 Å². The van der Waals surface area contributed by atoms with Crippen molar-refractivity contribution >= 4 is 0 Å². The van der Waals surface area contributed by atoms with Gasteiger partial charge in [-0.1, -0.05) is 52.7 Å². The van der Waals surface area contributed by atoms with E-state index in [0.29, 0.717) is 11.3 Å². The minimum absolute atomic E-state index is 0.197. The average Bonchev–Trinajstić information content (AvgIpc) is 2.47. The number of rotatable bonds is 7. The molecule has 0 aliphatic heterocycles. The van der Waals surface area contributed by atoms with Gasteiger partial charge in [-0.05, 0) is 41.9 Å². The molecule has 2 rings (SSSR count). The third-order valence-electron chi connectivity index (χ3n) is 5.37. The van der Waals surface area contributed by atoms with E-state index < -0.39 is 0 Å². The van der Waals surface area contributed by atoms with Gasteiger partial charge in [-0.3, -0.25) is 0 Å². The molecule has 0 heterocycles. The van der Waals surface area contributed by atoms with Gasteiger partial charge in [0.2, 0.25) is 0 Å². The average molecular weight is 289 g/mol. The topological polar surface area (TPSA) is 35.2 Å². The first-order chi connectivity index (χ1) is 9.99. The summed E-state index contributed by atoms with van der Waals surface area (Å²) in [7, 11) is 0. The molecule has 1 aromatic rings. The smallest absolute Gasteiger partial charge is 0.119 e. The highest BCUT2D eigenvalue weighted by molar-refractivity contribution is 5.36. The predicted molar refractivity (Wildman–Crippen MR) is 89.8 cm³/mol. The van der Waals surface area contributed by atoms with Gasteiger partial charge in [-0.15, -0.1) is 0 Å². The minimum atomic E-state index is 0.197. The van der Waals surface area contributed by atoms with E-state index in [9.17, 15) is 0 Å². The summed E-state index contributed by atoms with van der Waals surface area (Å²) in [5.74, 6) is 1.53. The van der Waals surface area contributed by atoms with Crippen LogP contribution in [0, 0.1) is 11.3 Å². The monoisotopic (exact) mass is 289 g/mol. The van der Waals surface area contributed by atoms with Crippen molar-refractivity contribution < 1.29 is 4.74 Å². The molecule has 0 saturated heterocycles. The second-order valence-electron chi connectivity index (χ2n) is 7.27. The molecule has 0 radical (unpaired) electrons. The molecule has 0 bridgehead atoms. The maximum Gasteiger partial charge on any atom is 0.119 e. The van der Waals surface area contributed by atoms with Crippen molar-refractivity contribution in [2.45, 2.75) is 58.8 Å². The van der Waals surface area contributed by atoms with Crippen molar-refractivity contribution in [3.05, 3.63) is 29.8 Å². The summed E-state index contributed by atoms with van der Waals surface area (Å²) in [4.78, 5) is 0. The van der Waals surface area contributed by atoms with Crippen LogP contribution in [0.4, 0.5) is 0 Å². The van der Waals surface area contributed by atoms with Crippen molar-refractivity contribution in [3.63, 3.8) is 0 Å². The molecule has 2 heteroatoms. The Bertz CT molecular complexity index is 437. The Labute approximate surface area is 130 Å². The summed E-state index contributed by atoms with van der Waals surface area (Å²) in [6.07, 6.45) is 4.99. The molecule has 118 valence electrons. The molecule has 1 fully saturated rings. The van der Waals surface area contributed by atoms with Crippen molar-refractivity contribution in [2.75, 3.05) is 13.2 Å². The predicted octanol–water partition coefficient (Wildman–Crippen LogP) is 4.52. The standard InChI is InChI=1S/C19H31NO/c1-5-18(6-2)12-19(13-18,14-20)16-7-9-17(10-8-16)21-11-15(3)4/h7-10,15H,5-6,11-14,20H2,1-4H3. The van der Waals surface area contributed by atoms with Gasteiger partial charge in [-0.25, -0.2) is 0 Å². The van der Waals surface area contributed by atoms with E-state index in [0.717, 1.165) is 18.9 Å². The first-order valence-corrected chi connectivity index (χ1v) is 8.42. The van der Waals surface area contributed by atoms with Gasteiger partial charge in [0.15, 0.2) is 0 Å². The summed E-state index contributed by atoms with van der Waals surface area (Å²) in [5.41, 5.74) is 8.24. The van der Waals surface area contributed by atoms with Crippen molar-refractivity contribution in [1.82, 2.24) is 0 Å². The maximum absolute atomic E-state index is 6.14. The Balaban J connectivity index is 2.07. The highest BCUT2D eigenvalue weighted by atomic mass is 16.5. The molecule has 0 atom stereocenters. The highest BCUT2D eigenvalue weighted by Gasteiger charge is 2.52. The van der Waals surface area contributed by atoms with E-state index in [1.165, 1.54) is 31.2 Å². The summed E-state index contributed by atoms with van der Waals surface area (Å²) in [6, 6.07) is 8.65. The lowest BCUT2D eigenvalue weighted by Crippen LogP contribution is -2.53. The Morgan fingerprint density at radius 1 is 1.10 bits per heavy atom. The Kier molecular flexibility index (Phi) is 4.98. The van der Waals surface area contributed by atoms with Crippen molar-refractivity contribution in [2.24, 2.45) is 17.1 Å². The molecule has 2 nitrogen and oxygen atoms in total. The first-order valence-electron chi connectivity index (χ1n) is 8.42. The van der Waals surface area contributed by atoms with Gasteiger partial charge >= 0.3 is 0 Å². The van der Waals surface area contributed by atoms with Crippen LogP contribution in [0.5, 0.6) is 5.75 Å². The van der Waals surface area contributed by atoms with Gasteiger partial charge in [0.25, 0.3) is 0 Å². The normalized spacial score (nSPS) is 19.3. The van der Waals surface area contributed by atoms with E-state index in [1.807, 2.05) is 0 Å². The second kappa shape index (κ2) is 6.39. The zero-order valence-electron chi connectivity index (χ0n) is 14.1. The van der Waals surface area contributed by atoms with Crippen LogP contribution in [0.1, 0.15) is 58.9 Å². The maximum atomic E-state index is 6.14. The second-order valence-corrected chi connectivity index (χ2v) is 7.27. The molecular formula is C19H31NO. The molecule has 2 N–H and O–H groups in total. The largest absolute Gasteiger partial charge is 0.493 e. The van der Waals surface area contributed by atoms with E-state index in [2.05, 4.69) is 52.0 Å². The lowest BCUT2D eigenvalue weighted by molar-refractivity contribution is 0.0182. The van der Waals surface area contributed by atoms with Crippen LogP contribution in [0.15, 0.2) is 24.3 Å². The van der Waals surface area contributed by atoms with E-state index in [4.69, 9.17) is 10.5 Å². The van der Waals surface area contributed by atoms with Crippen molar-refractivity contribution in [3.8, 4) is 5.75 Å². The number of nitrogens with two attached hydrogens (primary N) is 1. The van der Waals surface area contributed by atoms with Gasteiger partial charge in [0, 0.05) is 12.0 Å². The molecule has 1 saturated carbocycles. The lowest BCUT2D eigenvalue weighted by Gasteiger charge is -2.56. The highest BCUT2D eigenvalue weighted by Crippen LogP contribution is 2.58. The van der Waals surface area contributed by atoms with E-state index >= 15 is 0 Å². The van der Waals surface area contributed by atoms with Crippen LogP contribution < -0.4 is 10.5 Å². The van der Waals surface area contributed by atoms with Gasteiger partial charge < -0.3 is 10.5 Å². The zero-order valence-corrected chi connectivity index (χ0v) is 14.1. The third-order valence-corrected chi connectivity index (χ3v) is 5.37. The van der Waals surface area contributed by atoms with E-state index in [1.54, 1.807) is 0 Å². The SMILES string of the molecule is CCC1(CC)CC(CN)(c2ccc(OCC(C)C)cc2)C1. The molecule has 1 aromatic carbocycles. The van der Waals surface area contributed by atoms with Crippen LogP contribution in [0.25, 0.3) is 0 Å². The van der Waals surface area contributed by atoms with Gasteiger partial charge in [0.1, 0.15) is 5.75 Å². The Hall–Kier alpha value is -1.02. The summed E-state index contributed by atoms with van der Waals surface area (Å²) < 4.78 is 5.77. The number of hydrogen-bond donors (Lipinski definition) is 1. The molecule has 0 unspecified atom stereocenters.